The van der Waals surface area contributed by atoms with Gasteiger partial charge >= 0.3 is 0 Å². The van der Waals surface area contributed by atoms with Gasteiger partial charge in [-0.05, 0) is 50.7 Å². The summed E-state index contributed by atoms with van der Waals surface area (Å²) in [7, 11) is 5.78. The number of anilines is 1. The number of hydrogen-bond donors (Lipinski definition) is 1. The Balaban J connectivity index is 2.17. The SMILES string of the molecule is COc1ccc(CCCN(C)C)c2c1NC(=O)C2. The fourth-order valence-corrected chi connectivity index (χ4v) is 2.34. The molecule has 4 nitrogen and oxygen atoms in total. The first-order valence-corrected chi connectivity index (χ1v) is 6.25. The molecule has 1 aromatic carbocycles. The highest BCUT2D eigenvalue weighted by atomic mass is 16.5. The van der Waals surface area contributed by atoms with Gasteiger partial charge in [-0.1, -0.05) is 6.07 Å². The lowest BCUT2D eigenvalue weighted by molar-refractivity contribution is -0.115. The average molecular weight is 248 g/mol. The number of amides is 1. The quantitative estimate of drug-likeness (QED) is 0.862. The first-order chi connectivity index (χ1) is 8.61. The van der Waals surface area contributed by atoms with Gasteiger partial charge in [-0.2, -0.15) is 0 Å². The summed E-state index contributed by atoms with van der Waals surface area (Å²) in [6.45, 7) is 1.06. The lowest BCUT2D eigenvalue weighted by atomic mass is 10.00. The van der Waals surface area contributed by atoms with Gasteiger partial charge in [0, 0.05) is 0 Å². The molecular weight excluding hydrogens is 228 g/mol. The number of methoxy groups -OCH3 is 1. The summed E-state index contributed by atoms with van der Waals surface area (Å²) in [5.41, 5.74) is 3.23. The predicted molar refractivity (Wildman–Crippen MR) is 72.2 cm³/mol. The molecule has 0 saturated carbocycles. The number of carbonyl (C=O) groups excluding carboxylic acids is 1. The molecule has 2 rings (SSSR count). The van der Waals surface area contributed by atoms with E-state index in [2.05, 4.69) is 30.4 Å². The van der Waals surface area contributed by atoms with E-state index in [0.717, 1.165) is 36.4 Å². The van der Waals surface area contributed by atoms with Gasteiger partial charge in [-0.3, -0.25) is 4.79 Å². The van der Waals surface area contributed by atoms with Crippen LogP contribution in [0.3, 0.4) is 0 Å². The summed E-state index contributed by atoms with van der Waals surface area (Å²) >= 11 is 0. The van der Waals surface area contributed by atoms with Crippen molar-refractivity contribution >= 4 is 11.6 Å². The molecule has 1 heterocycles. The maximum Gasteiger partial charge on any atom is 0.228 e. The molecule has 0 spiro atoms. The number of hydrogen-bond acceptors (Lipinski definition) is 3. The largest absolute Gasteiger partial charge is 0.495 e. The van der Waals surface area contributed by atoms with Gasteiger partial charge in [-0.25, -0.2) is 0 Å². The van der Waals surface area contributed by atoms with E-state index >= 15 is 0 Å². The summed E-state index contributed by atoms with van der Waals surface area (Å²) < 4.78 is 5.28. The van der Waals surface area contributed by atoms with E-state index in [1.54, 1.807) is 7.11 Å². The zero-order valence-corrected chi connectivity index (χ0v) is 11.2. The van der Waals surface area contributed by atoms with E-state index in [4.69, 9.17) is 4.74 Å². The topological polar surface area (TPSA) is 41.6 Å². The van der Waals surface area contributed by atoms with Crippen molar-refractivity contribution in [1.29, 1.82) is 0 Å². The molecule has 1 aromatic rings. The molecule has 0 fully saturated rings. The maximum absolute atomic E-state index is 11.5. The molecule has 1 aliphatic rings. The Hall–Kier alpha value is -1.55. The third-order valence-corrected chi connectivity index (χ3v) is 3.24. The van der Waals surface area contributed by atoms with Crippen LogP contribution >= 0.6 is 0 Å². The minimum absolute atomic E-state index is 0.0587. The number of nitrogens with zero attached hydrogens (tertiary/aromatic N) is 1. The molecule has 0 unspecified atom stereocenters. The smallest absolute Gasteiger partial charge is 0.228 e. The maximum atomic E-state index is 11.5. The van der Waals surface area contributed by atoms with Crippen LogP contribution in [0.25, 0.3) is 0 Å². The molecule has 1 amide bonds. The highest BCUT2D eigenvalue weighted by molar-refractivity contribution is 6.01. The Labute approximate surface area is 108 Å². The minimum atomic E-state index is 0.0587. The van der Waals surface area contributed by atoms with E-state index in [-0.39, 0.29) is 5.91 Å². The van der Waals surface area contributed by atoms with E-state index in [1.165, 1.54) is 5.56 Å². The van der Waals surface area contributed by atoms with Gasteiger partial charge in [0.2, 0.25) is 5.91 Å². The number of nitrogens with one attached hydrogen (secondary N) is 1. The molecule has 1 aliphatic heterocycles. The minimum Gasteiger partial charge on any atom is -0.495 e. The van der Waals surface area contributed by atoms with Crippen LogP contribution in [0.1, 0.15) is 17.5 Å². The Morgan fingerprint density at radius 2 is 2.17 bits per heavy atom. The fraction of sp³-hybridized carbons (Fsp3) is 0.500. The van der Waals surface area contributed by atoms with Crippen LogP contribution in [0.15, 0.2) is 12.1 Å². The summed E-state index contributed by atoms with van der Waals surface area (Å²) in [6, 6.07) is 4.02. The van der Waals surface area contributed by atoms with E-state index in [1.807, 2.05) is 6.07 Å². The molecule has 0 atom stereocenters. The van der Waals surface area contributed by atoms with Crippen LogP contribution in [0, 0.1) is 0 Å². The molecule has 0 saturated heterocycles. The van der Waals surface area contributed by atoms with Crippen molar-refractivity contribution in [3.63, 3.8) is 0 Å². The number of ether oxygens (including phenoxy) is 1. The second-order valence-electron chi connectivity index (χ2n) is 4.91. The Bertz CT molecular complexity index is 455. The summed E-state index contributed by atoms with van der Waals surface area (Å²) in [5, 5.41) is 2.88. The molecule has 0 bridgehead atoms. The molecular formula is C14H20N2O2. The normalized spacial score (nSPS) is 13.7. The number of fused-ring (bicyclic) bond motifs is 1. The first kappa shape index (κ1) is 12.9. The van der Waals surface area contributed by atoms with E-state index < -0.39 is 0 Å². The van der Waals surface area contributed by atoms with Crippen molar-refractivity contribution in [2.45, 2.75) is 19.3 Å². The third kappa shape index (κ3) is 2.64. The first-order valence-electron chi connectivity index (χ1n) is 6.25. The molecule has 0 aliphatic carbocycles. The van der Waals surface area contributed by atoms with Crippen LogP contribution in [0.2, 0.25) is 0 Å². The third-order valence-electron chi connectivity index (χ3n) is 3.24. The fourth-order valence-electron chi connectivity index (χ4n) is 2.34. The Morgan fingerprint density at radius 3 is 2.83 bits per heavy atom. The van der Waals surface area contributed by atoms with Gasteiger partial charge in [-0.15, -0.1) is 0 Å². The van der Waals surface area contributed by atoms with Crippen molar-refractivity contribution in [3.8, 4) is 5.75 Å². The average Bonchev–Trinajstić information content (AvgIpc) is 2.70. The number of carbonyl (C=O) groups is 1. The summed E-state index contributed by atoms with van der Waals surface area (Å²) in [4.78, 5) is 13.7. The Morgan fingerprint density at radius 1 is 1.39 bits per heavy atom. The second-order valence-corrected chi connectivity index (χ2v) is 4.91. The van der Waals surface area contributed by atoms with Crippen LogP contribution in [0.5, 0.6) is 5.75 Å². The van der Waals surface area contributed by atoms with E-state index in [0.29, 0.717) is 6.42 Å². The van der Waals surface area contributed by atoms with Crippen LogP contribution in [-0.4, -0.2) is 38.6 Å². The van der Waals surface area contributed by atoms with Crippen molar-refractivity contribution in [3.05, 3.63) is 23.3 Å². The van der Waals surface area contributed by atoms with Crippen molar-refractivity contribution in [2.24, 2.45) is 0 Å². The van der Waals surface area contributed by atoms with Gasteiger partial charge in [0.1, 0.15) is 5.75 Å². The van der Waals surface area contributed by atoms with Crippen molar-refractivity contribution in [1.82, 2.24) is 4.90 Å². The highest BCUT2D eigenvalue weighted by Gasteiger charge is 2.24. The lowest BCUT2D eigenvalue weighted by Gasteiger charge is -2.13. The number of aryl methyl sites for hydroxylation is 1. The van der Waals surface area contributed by atoms with Crippen LogP contribution in [-0.2, 0) is 17.6 Å². The second kappa shape index (κ2) is 5.40. The molecule has 0 radical (unpaired) electrons. The number of rotatable bonds is 5. The van der Waals surface area contributed by atoms with Gasteiger partial charge in [0.25, 0.3) is 0 Å². The zero-order valence-electron chi connectivity index (χ0n) is 11.2. The van der Waals surface area contributed by atoms with Crippen molar-refractivity contribution in [2.75, 3.05) is 33.1 Å². The lowest BCUT2D eigenvalue weighted by Crippen LogP contribution is -2.13. The van der Waals surface area contributed by atoms with Crippen LogP contribution in [0.4, 0.5) is 5.69 Å². The summed E-state index contributed by atoms with van der Waals surface area (Å²) in [6.07, 6.45) is 2.57. The van der Waals surface area contributed by atoms with Gasteiger partial charge in [0.05, 0.1) is 19.2 Å². The van der Waals surface area contributed by atoms with Gasteiger partial charge in [0.15, 0.2) is 0 Å². The molecule has 4 heteroatoms. The zero-order chi connectivity index (χ0) is 13.1. The van der Waals surface area contributed by atoms with Crippen molar-refractivity contribution < 1.29 is 9.53 Å². The Kier molecular flexibility index (Phi) is 3.87. The monoisotopic (exact) mass is 248 g/mol. The van der Waals surface area contributed by atoms with Crippen LogP contribution < -0.4 is 10.1 Å². The molecule has 1 N–H and O–H groups in total. The van der Waals surface area contributed by atoms with Gasteiger partial charge < -0.3 is 15.0 Å². The highest BCUT2D eigenvalue weighted by Crippen LogP contribution is 2.35. The molecule has 0 aromatic heterocycles. The number of benzene rings is 1. The predicted octanol–water partition coefficient (Wildman–Crippen LogP) is 1.68. The summed E-state index contributed by atoms with van der Waals surface area (Å²) in [5.74, 6) is 0.815. The standard InChI is InChI=1S/C14H20N2O2/c1-16(2)8-4-5-10-6-7-12(18-3)14-11(10)9-13(17)15-14/h6-7H,4-5,8-9H2,1-3H3,(H,15,17). The van der Waals surface area contributed by atoms with E-state index in [9.17, 15) is 4.79 Å². The molecule has 18 heavy (non-hydrogen) atoms. The molecule has 98 valence electrons.